The second-order valence-electron chi connectivity index (χ2n) is 6.01. The molecule has 0 aromatic rings. The molecule has 0 heterocycles. The van der Waals surface area contributed by atoms with E-state index in [-0.39, 0.29) is 11.3 Å². The van der Waals surface area contributed by atoms with Gasteiger partial charge in [0.25, 0.3) is 0 Å². The van der Waals surface area contributed by atoms with Gasteiger partial charge in [-0.05, 0) is 65.0 Å². The van der Waals surface area contributed by atoms with E-state index in [0.29, 0.717) is 5.92 Å². The normalized spacial score (nSPS) is 24.5. The van der Waals surface area contributed by atoms with Crippen molar-refractivity contribution >= 4 is 5.97 Å². The van der Waals surface area contributed by atoms with Gasteiger partial charge < -0.3 is 10.4 Å². The molecule has 4 nitrogen and oxygen atoms in total. The summed E-state index contributed by atoms with van der Waals surface area (Å²) in [5.41, 5.74) is -0.256. The number of rotatable bonds is 6. The number of carboxylic acids is 1. The fourth-order valence-electron chi connectivity index (χ4n) is 2.38. The standard InChI is InChI=1S/C14H24N2O2/c1-14(2,10-15)7-8-16-9-11-3-5-12(6-4-11)13(17)18/h11-12,16H,3-9H2,1-2H3,(H,17,18). The summed E-state index contributed by atoms with van der Waals surface area (Å²) in [5.74, 6) is -0.165. The van der Waals surface area contributed by atoms with Crippen LogP contribution in [0.15, 0.2) is 0 Å². The first-order chi connectivity index (χ1) is 8.44. The van der Waals surface area contributed by atoms with Crippen molar-refractivity contribution in [2.75, 3.05) is 13.1 Å². The number of nitriles is 1. The number of aliphatic carboxylic acids is 1. The van der Waals surface area contributed by atoms with Crippen molar-refractivity contribution in [2.45, 2.75) is 46.0 Å². The molecule has 0 aromatic carbocycles. The highest BCUT2D eigenvalue weighted by atomic mass is 16.4. The summed E-state index contributed by atoms with van der Waals surface area (Å²) < 4.78 is 0. The predicted octanol–water partition coefficient (Wildman–Crippen LogP) is 2.41. The Morgan fingerprint density at radius 1 is 1.39 bits per heavy atom. The summed E-state index contributed by atoms with van der Waals surface area (Å²) in [6.07, 6.45) is 4.49. The minimum atomic E-state index is -0.642. The summed E-state index contributed by atoms with van der Waals surface area (Å²) >= 11 is 0. The zero-order valence-electron chi connectivity index (χ0n) is 11.4. The van der Waals surface area contributed by atoms with E-state index in [1.54, 1.807) is 0 Å². The molecule has 1 fully saturated rings. The van der Waals surface area contributed by atoms with Gasteiger partial charge in [-0.1, -0.05) is 0 Å². The van der Waals surface area contributed by atoms with Gasteiger partial charge in [-0.3, -0.25) is 4.79 Å². The van der Waals surface area contributed by atoms with Crippen LogP contribution in [-0.4, -0.2) is 24.2 Å². The molecule has 0 spiro atoms. The minimum absolute atomic E-state index is 0.126. The molecule has 1 aliphatic carbocycles. The molecule has 0 unspecified atom stereocenters. The lowest BCUT2D eigenvalue weighted by atomic mass is 9.82. The van der Waals surface area contributed by atoms with Gasteiger partial charge in [0.05, 0.1) is 17.4 Å². The molecule has 0 aliphatic heterocycles. The average molecular weight is 252 g/mol. The average Bonchev–Trinajstić information content (AvgIpc) is 2.35. The highest BCUT2D eigenvalue weighted by molar-refractivity contribution is 5.69. The largest absolute Gasteiger partial charge is 0.481 e. The van der Waals surface area contributed by atoms with Crippen LogP contribution in [0.25, 0.3) is 0 Å². The smallest absolute Gasteiger partial charge is 0.306 e. The van der Waals surface area contributed by atoms with Crippen LogP contribution in [-0.2, 0) is 4.79 Å². The number of nitrogens with one attached hydrogen (secondary N) is 1. The van der Waals surface area contributed by atoms with Gasteiger partial charge in [0, 0.05) is 0 Å². The Hall–Kier alpha value is -1.08. The van der Waals surface area contributed by atoms with Crippen LogP contribution in [0.1, 0.15) is 46.0 Å². The van der Waals surface area contributed by atoms with E-state index >= 15 is 0 Å². The van der Waals surface area contributed by atoms with Crippen molar-refractivity contribution in [2.24, 2.45) is 17.3 Å². The second-order valence-corrected chi connectivity index (χ2v) is 6.01. The zero-order valence-corrected chi connectivity index (χ0v) is 11.4. The van der Waals surface area contributed by atoms with Gasteiger partial charge >= 0.3 is 5.97 Å². The van der Waals surface area contributed by atoms with E-state index in [4.69, 9.17) is 10.4 Å². The molecule has 0 amide bonds. The quantitative estimate of drug-likeness (QED) is 0.712. The first-order valence-electron chi connectivity index (χ1n) is 6.79. The van der Waals surface area contributed by atoms with E-state index in [1.165, 1.54) is 0 Å². The van der Waals surface area contributed by atoms with Gasteiger partial charge in [0.1, 0.15) is 0 Å². The summed E-state index contributed by atoms with van der Waals surface area (Å²) in [5, 5.41) is 21.2. The Balaban J connectivity index is 2.12. The number of carboxylic acid groups (broad SMARTS) is 1. The van der Waals surface area contributed by atoms with Crippen molar-refractivity contribution in [3.05, 3.63) is 0 Å². The number of carbonyl (C=O) groups is 1. The monoisotopic (exact) mass is 252 g/mol. The van der Waals surface area contributed by atoms with Crippen LogP contribution in [0.5, 0.6) is 0 Å². The van der Waals surface area contributed by atoms with Crippen LogP contribution >= 0.6 is 0 Å². The molecule has 1 saturated carbocycles. The topological polar surface area (TPSA) is 73.1 Å². The second kappa shape index (κ2) is 6.75. The predicted molar refractivity (Wildman–Crippen MR) is 70.0 cm³/mol. The Kier molecular flexibility index (Phi) is 5.61. The maximum atomic E-state index is 10.8. The Morgan fingerprint density at radius 3 is 2.50 bits per heavy atom. The van der Waals surface area contributed by atoms with Crippen LogP contribution in [0.2, 0.25) is 0 Å². The van der Waals surface area contributed by atoms with E-state index in [0.717, 1.165) is 45.2 Å². The molecule has 1 rings (SSSR count). The fourth-order valence-corrected chi connectivity index (χ4v) is 2.38. The summed E-state index contributed by atoms with van der Waals surface area (Å²) in [6.45, 7) is 5.72. The van der Waals surface area contributed by atoms with Gasteiger partial charge in [0.2, 0.25) is 0 Å². The first kappa shape index (κ1) is 15.0. The molecule has 0 saturated heterocycles. The van der Waals surface area contributed by atoms with Crippen molar-refractivity contribution in [1.29, 1.82) is 5.26 Å². The molecule has 0 atom stereocenters. The molecule has 0 bridgehead atoms. The zero-order chi connectivity index (χ0) is 13.6. The van der Waals surface area contributed by atoms with Gasteiger partial charge in [0.15, 0.2) is 0 Å². The molecule has 1 aliphatic rings. The molecular formula is C14H24N2O2. The number of nitrogens with zero attached hydrogens (tertiary/aromatic N) is 1. The van der Waals surface area contributed by atoms with Crippen LogP contribution in [0.3, 0.4) is 0 Å². The van der Waals surface area contributed by atoms with Crippen molar-refractivity contribution in [1.82, 2.24) is 5.32 Å². The summed E-state index contributed by atoms with van der Waals surface area (Å²) in [7, 11) is 0. The Morgan fingerprint density at radius 2 is 2.00 bits per heavy atom. The van der Waals surface area contributed by atoms with Crippen molar-refractivity contribution < 1.29 is 9.90 Å². The summed E-state index contributed by atoms with van der Waals surface area (Å²) in [6, 6.07) is 2.29. The minimum Gasteiger partial charge on any atom is -0.481 e. The Bertz CT molecular complexity index is 312. The highest BCUT2D eigenvalue weighted by Gasteiger charge is 2.25. The third kappa shape index (κ3) is 5.05. The summed E-state index contributed by atoms with van der Waals surface area (Å²) in [4.78, 5) is 10.8. The highest BCUT2D eigenvalue weighted by Crippen LogP contribution is 2.28. The SMILES string of the molecule is CC(C)(C#N)CCNCC1CCC(C(=O)O)CC1. The van der Waals surface area contributed by atoms with E-state index < -0.39 is 5.97 Å². The lowest BCUT2D eigenvalue weighted by Gasteiger charge is -2.26. The van der Waals surface area contributed by atoms with Crippen molar-refractivity contribution in [3.63, 3.8) is 0 Å². The van der Waals surface area contributed by atoms with Gasteiger partial charge in [-0.2, -0.15) is 5.26 Å². The van der Waals surface area contributed by atoms with E-state index in [1.807, 2.05) is 13.8 Å². The number of hydrogen-bond donors (Lipinski definition) is 2. The van der Waals surface area contributed by atoms with Crippen LogP contribution in [0.4, 0.5) is 0 Å². The molecule has 18 heavy (non-hydrogen) atoms. The molecule has 102 valence electrons. The van der Waals surface area contributed by atoms with Gasteiger partial charge in [-0.15, -0.1) is 0 Å². The van der Waals surface area contributed by atoms with Gasteiger partial charge in [-0.25, -0.2) is 0 Å². The maximum absolute atomic E-state index is 10.8. The Labute approximate surface area is 109 Å². The molecule has 2 N–H and O–H groups in total. The lowest BCUT2D eigenvalue weighted by Crippen LogP contribution is -2.30. The van der Waals surface area contributed by atoms with Crippen molar-refractivity contribution in [3.8, 4) is 6.07 Å². The molecule has 0 aromatic heterocycles. The molecule has 4 heteroatoms. The van der Waals surface area contributed by atoms with Crippen LogP contribution < -0.4 is 5.32 Å². The van der Waals surface area contributed by atoms with Crippen LogP contribution in [0, 0.1) is 28.6 Å². The van der Waals surface area contributed by atoms with E-state index in [2.05, 4.69) is 11.4 Å². The molecule has 0 radical (unpaired) electrons. The first-order valence-corrected chi connectivity index (χ1v) is 6.79. The maximum Gasteiger partial charge on any atom is 0.306 e. The van der Waals surface area contributed by atoms with E-state index in [9.17, 15) is 4.79 Å². The fraction of sp³-hybridized carbons (Fsp3) is 0.857. The lowest BCUT2D eigenvalue weighted by molar-refractivity contribution is -0.143. The molecular weight excluding hydrogens is 228 g/mol. The third-order valence-corrected chi connectivity index (χ3v) is 3.86. The third-order valence-electron chi connectivity index (χ3n) is 3.86. The number of hydrogen-bond acceptors (Lipinski definition) is 3.